The van der Waals surface area contributed by atoms with Crippen LogP contribution in [0.5, 0.6) is 11.6 Å². The van der Waals surface area contributed by atoms with E-state index in [1.807, 2.05) is 18.2 Å². The summed E-state index contributed by atoms with van der Waals surface area (Å²) in [5, 5.41) is 9.44. The molecule has 5 heteroatoms. The lowest BCUT2D eigenvalue weighted by molar-refractivity contribution is 0.399. The smallest absolute Gasteiger partial charge is 0.215 e. The molecule has 0 amide bonds. The number of rotatable bonds is 3. The van der Waals surface area contributed by atoms with Crippen molar-refractivity contribution in [2.75, 3.05) is 7.11 Å². The molecule has 2 heterocycles. The zero-order chi connectivity index (χ0) is 13.2. The summed E-state index contributed by atoms with van der Waals surface area (Å²) in [6, 6.07) is 10.8. The summed E-state index contributed by atoms with van der Waals surface area (Å²) in [5.41, 5.74) is 2.50. The predicted molar refractivity (Wildman–Crippen MR) is 71.4 cm³/mol. The number of aromatic amines is 1. The SMILES string of the molecule is COc1ccc2[nH]c(Cc3cccc(O)c3)nc2n1. The molecule has 0 saturated heterocycles. The van der Waals surface area contributed by atoms with Crippen LogP contribution >= 0.6 is 0 Å². The molecule has 3 rings (SSSR count). The maximum Gasteiger partial charge on any atom is 0.215 e. The molecule has 0 unspecified atom stereocenters. The van der Waals surface area contributed by atoms with Crippen molar-refractivity contribution in [2.24, 2.45) is 0 Å². The third-order valence-corrected chi connectivity index (χ3v) is 2.86. The summed E-state index contributed by atoms with van der Waals surface area (Å²) in [5.74, 6) is 1.61. The van der Waals surface area contributed by atoms with Gasteiger partial charge in [0.1, 0.15) is 11.6 Å². The molecule has 0 radical (unpaired) electrons. The lowest BCUT2D eigenvalue weighted by Crippen LogP contribution is -1.90. The standard InChI is InChI=1S/C14H13N3O2/c1-19-13-6-5-11-14(17-13)16-12(15-11)8-9-3-2-4-10(18)7-9/h2-7,18H,8H2,1H3,(H,15,16,17). The number of hydrogen-bond acceptors (Lipinski definition) is 4. The Kier molecular flexibility index (Phi) is 2.79. The molecule has 2 aromatic heterocycles. The Morgan fingerprint density at radius 2 is 2.11 bits per heavy atom. The molecule has 3 aromatic rings. The molecule has 5 nitrogen and oxygen atoms in total. The Balaban J connectivity index is 1.93. The number of phenolic OH excluding ortho intramolecular Hbond substituents is 1. The number of imidazole rings is 1. The van der Waals surface area contributed by atoms with Crippen LogP contribution in [0, 0.1) is 0 Å². The van der Waals surface area contributed by atoms with Crippen molar-refractivity contribution < 1.29 is 9.84 Å². The molecule has 1 aromatic carbocycles. The van der Waals surface area contributed by atoms with Crippen molar-refractivity contribution in [1.29, 1.82) is 0 Å². The summed E-state index contributed by atoms with van der Waals surface area (Å²) in [6.07, 6.45) is 0.618. The van der Waals surface area contributed by atoms with E-state index in [1.165, 1.54) is 0 Å². The van der Waals surface area contributed by atoms with E-state index in [9.17, 15) is 5.11 Å². The van der Waals surface area contributed by atoms with Crippen molar-refractivity contribution in [3.63, 3.8) is 0 Å². The molecular formula is C14H13N3O2. The third-order valence-electron chi connectivity index (χ3n) is 2.86. The summed E-state index contributed by atoms with van der Waals surface area (Å²) in [6.45, 7) is 0. The van der Waals surface area contributed by atoms with Gasteiger partial charge in [0.15, 0.2) is 5.65 Å². The second kappa shape index (κ2) is 4.61. The van der Waals surface area contributed by atoms with Crippen LogP contribution in [0.4, 0.5) is 0 Å². The Labute approximate surface area is 109 Å². The van der Waals surface area contributed by atoms with Crippen molar-refractivity contribution in [3.8, 4) is 11.6 Å². The van der Waals surface area contributed by atoms with Crippen LogP contribution in [-0.2, 0) is 6.42 Å². The number of fused-ring (bicyclic) bond motifs is 1. The first-order valence-electron chi connectivity index (χ1n) is 5.92. The van der Waals surface area contributed by atoms with Crippen molar-refractivity contribution in [3.05, 3.63) is 47.8 Å². The molecule has 0 fully saturated rings. The van der Waals surface area contributed by atoms with Gasteiger partial charge in [0, 0.05) is 12.5 Å². The Bertz CT molecular complexity index is 722. The van der Waals surface area contributed by atoms with Gasteiger partial charge in [-0.3, -0.25) is 0 Å². The lowest BCUT2D eigenvalue weighted by Gasteiger charge is -1.98. The zero-order valence-electron chi connectivity index (χ0n) is 10.4. The van der Waals surface area contributed by atoms with E-state index in [0.29, 0.717) is 17.9 Å². The molecule has 19 heavy (non-hydrogen) atoms. The van der Waals surface area contributed by atoms with Crippen LogP contribution in [0.3, 0.4) is 0 Å². The van der Waals surface area contributed by atoms with Crippen molar-refractivity contribution in [1.82, 2.24) is 15.0 Å². The highest BCUT2D eigenvalue weighted by Crippen LogP contribution is 2.17. The number of H-pyrrole nitrogens is 1. The van der Waals surface area contributed by atoms with Gasteiger partial charge in [-0.15, -0.1) is 0 Å². The number of phenols is 1. The summed E-state index contributed by atoms with van der Waals surface area (Å²) >= 11 is 0. The fraction of sp³-hybridized carbons (Fsp3) is 0.143. The summed E-state index contributed by atoms with van der Waals surface area (Å²) in [7, 11) is 1.58. The quantitative estimate of drug-likeness (QED) is 0.753. The topological polar surface area (TPSA) is 71.0 Å². The molecular weight excluding hydrogens is 242 g/mol. The number of benzene rings is 1. The number of hydrogen-bond donors (Lipinski definition) is 2. The monoisotopic (exact) mass is 255 g/mol. The maximum atomic E-state index is 9.44. The van der Waals surface area contributed by atoms with Gasteiger partial charge in [-0.05, 0) is 23.8 Å². The number of aromatic hydroxyl groups is 1. The van der Waals surface area contributed by atoms with Gasteiger partial charge in [0.25, 0.3) is 0 Å². The van der Waals surface area contributed by atoms with E-state index in [-0.39, 0.29) is 5.75 Å². The highest BCUT2D eigenvalue weighted by Gasteiger charge is 2.06. The fourth-order valence-corrected chi connectivity index (χ4v) is 1.98. The molecule has 0 aliphatic heterocycles. The Morgan fingerprint density at radius 1 is 1.21 bits per heavy atom. The normalized spacial score (nSPS) is 10.8. The van der Waals surface area contributed by atoms with E-state index < -0.39 is 0 Å². The van der Waals surface area contributed by atoms with Crippen molar-refractivity contribution in [2.45, 2.75) is 6.42 Å². The predicted octanol–water partition coefficient (Wildman–Crippen LogP) is 2.26. The first kappa shape index (κ1) is 11.5. The fourth-order valence-electron chi connectivity index (χ4n) is 1.98. The lowest BCUT2D eigenvalue weighted by atomic mass is 10.1. The van der Waals surface area contributed by atoms with Crippen LogP contribution in [0.15, 0.2) is 36.4 Å². The number of nitrogens with one attached hydrogen (secondary N) is 1. The molecule has 0 aliphatic rings. The van der Waals surface area contributed by atoms with Crippen LogP contribution in [0.1, 0.15) is 11.4 Å². The molecule has 0 spiro atoms. The van der Waals surface area contributed by atoms with E-state index >= 15 is 0 Å². The molecule has 2 N–H and O–H groups in total. The second-order valence-electron chi connectivity index (χ2n) is 4.25. The zero-order valence-corrected chi connectivity index (χ0v) is 10.4. The minimum atomic E-state index is 0.258. The average Bonchev–Trinajstić information content (AvgIpc) is 2.79. The van der Waals surface area contributed by atoms with Gasteiger partial charge in [0.2, 0.25) is 5.88 Å². The average molecular weight is 255 g/mol. The van der Waals surface area contributed by atoms with Gasteiger partial charge in [0.05, 0.1) is 12.6 Å². The molecule has 96 valence electrons. The van der Waals surface area contributed by atoms with E-state index in [2.05, 4.69) is 15.0 Å². The minimum Gasteiger partial charge on any atom is -0.508 e. The van der Waals surface area contributed by atoms with Crippen molar-refractivity contribution >= 4 is 11.2 Å². The number of nitrogens with zero attached hydrogens (tertiary/aromatic N) is 2. The number of methoxy groups -OCH3 is 1. The van der Waals surface area contributed by atoms with Crippen LogP contribution in [0.25, 0.3) is 11.2 Å². The van der Waals surface area contributed by atoms with Crippen LogP contribution < -0.4 is 4.74 Å². The highest BCUT2D eigenvalue weighted by molar-refractivity contribution is 5.71. The van der Waals surface area contributed by atoms with Gasteiger partial charge in [-0.2, -0.15) is 4.98 Å². The third kappa shape index (κ3) is 2.35. The highest BCUT2D eigenvalue weighted by atomic mass is 16.5. The molecule has 0 aliphatic carbocycles. The summed E-state index contributed by atoms with van der Waals surface area (Å²) in [4.78, 5) is 11.9. The number of pyridine rings is 1. The van der Waals surface area contributed by atoms with Gasteiger partial charge in [-0.1, -0.05) is 12.1 Å². The van der Waals surface area contributed by atoms with Gasteiger partial charge < -0.3 is 14.8 Å². The van der Waals surface area contributed by atoms with Crippen LogP contribution in [-0.4, -0.2) is 27.2 Å². The summed E-state index contributed by atoms with van der Waals surface area (Å²) < 4.78 is 5.07. The van der Waals surface area contributed by atoms with Gasteiger partial charge in [-0.25, -0.2) is 4.98 Å². The van der Waals surface area contributed by atoms with Gasteiger partial charge >= 0.3 is 0 Å². The van der Waals surface area contributed by atoms with Crippen LogP contribution in [0.2, 0.25) is 0 Å². The van der Waals surface area contributed by atoms with E-state index in [1.54, 1.807) is 25.3 Å². The molecule has 0 bridgehead atoms. The molecule has 0 atom stereocenters. The minimum absolute atomic E-state index is 0.258. The molecule has 0 saturated carbocycles. The largest absolute Gasteiger partial charge is 0.508 e. The first-order valence-corrected chi connectivity index (χ1v) is 5.92. The van der Waals surface area contributed by atoms with E-state index in [4.69, 9.17) is 4.74 Å². The first-order chi connectivity index (χ1) is 9.24. The maximum absolute atomic E-state index is 9.44. The Morgan fingerprint density at radius 3 is 2.89 bits per heavy atom. The van der Waals surface area contributed by atoms with E-state index in [0.717, 1.165) is 16.9 Å². The Hall–Kier alpha value is -2.56. The number of ether oxygens (including phenoxy) is 1. The number of aromatic nitrogens is 3. The second-order valence-corrected chi connectivity index (χ2v) is 4.25.